The number of aromatic nitrogens is 3. The van der Waals surface area contributed by atoms with Crippen molar-refractivity contribution < 1.29 is 0 Å². The molecule has 86 valence electrons. The van der Waals surface area contributed by atoms with Gasteiger partial charge < -0.3 is 5.73 Å². The smallest absolute Gasteiger partial charge is 0.113 e. The molecule has 5 nitrogen and oxygen atoms in total. The molecule has 0 saturated heterocycles. The Labute approximate surface area is 94.6 Å². The zero-order valence-corrected chi connectivity index (χ0v) is 9.48. The molecule has 0 aliphatic carbocycles. The summed E-state index contributed by atoms with van der Waals surface area (Å²) in [5, 5.41) is 10.7. The summed E-state index contributed by atoms with van der Waals surface area (Å²) in [6.45, 7) is 5.68. The minimum Gasteiger partial charge on any atom is -0.329 e. The maximum atomic E-state index is 5.56. The van der Waals surface area contributed by atoms with Crippen molar-refractivity contribution in [3.05, 3.63) is 23.8 Å². The molecule has 1 aromatic carbocycles. The highest BCUT2D eigenvalue weighted by Crippen LogP contribution is 2.12. The number of aromatic amines is 1. The van der Waals surface area contributed by atoms with Gasteiger partial charge in [0.2, 0.25) is 0 Å². The van der Waals surface area contributed by atoms with Crippen LogP contribution < -0.4 is 5.73 Å². The standard InChI is InChI=1S/C11H17N5/c1-2-16(6-5-12)8-9-3-4-10-11(7-9)14-15-13-10/h3-4,7H,2,5-6,8,12H2,1H3,(H,13,14,15). The Morgan fingerprint density at radius 1 is 1.31 bits per heavy atom. The molecular formula is C11H17N5. The van der Waals surface area contributed by atoms with Crippen molar-refractivity contribution in [2.24, 2.45) is 5.73 Å². The fraction of sp³-hybridized carbons (Fsp3) is 0.455. The number of fused-ring (bicyclic) bond motifs is 1. The van der Waals surface area contributed by atoms with Gasteiger partial charge in [0.05, 0.1) is 0 Å². The molecule has 0 amide bonds. The van der Waals surface area contributed by atoms with Crippen molar-refractivity contribution in [3.8, 4) is 0 Å². The van der Waals surface area contributed by atoms with Crippen LogP contribution >= 0.6 is 0 Å². The fourth-order valence-electron chi connectivity index (χ4n) is 1.77. The molecule has 0 aliphatic rings. The van der Waals surface area contributed by atoms with Crippen LogP contribution in [0, 0.1) is 0 Å². The second-order valence-electron chi connectivity index (χ2n) is 3.80. The van der Waals surface area contributed by atoms with Crippen molar-refractivity contribution in [2.75, 3.05) is 19.6 Å². The summed E-state index contributed by atoms with van der Waals surface area (Å²) in [6.07, 6.45) is 0. The zero-order chi connectivity index (χ0) is 11.4. The van der Waals surface area contributed by atoms with Crippen LogP contribution in [0.5, 0.6) is 0 Å². The predicted molar refractivity (Wildman–Crippen MR) is 63.9 cm³/mol. The van der Waals surface area contributed by atoms with E-state index < -0.39 is 0 Å². The molecule has 2 rings (SSSR count). The number of H-pyrrole nitrogens is 1. The summed E-state index contributed by atoms with van der Waals surface area (Å²) >= 11 is 0. The summed E-state index contributed by atoms with van der Waals surface area (Å²) in [5.41, 5.74) is 8.64. The molecule has 0 atom stereocenters. The van der Waals surface area contributed by atoms with Crippen LogP contribution in [0.25, 0.3) is 11.0 Å². The van der Waals surface area contributed by atoms with Crippen LogP contribution in [-0.4, -0.2) is 39.9 Å². The van der Waals surface area contributed by atoms with Crippen molar-refractivity contribution in [1.82, 2.24) is 20.3 Å². The first-order valence-electron chi connectivity index (χ1n) is 5.55. The number of benzene rings is 1. The lowest BCUT2D eigenvalue weighted by Crippen LogP contribution is -2.28. The van der Waals surface area contributed by atoms with E-state index in [0.29, 0.717) is 6.54 Å². The molecule has 0 fully saturated rings. The molecule has 0 saturated carbocycles. The number of nitrogens with zero attached hydrogens (tertiary/aromatic N) is 3. The van der Waals surface area contributed by atoms with E-state index in [2.05, 4.69) is 39.4 Å². The van der Waals surface area contributed by atoms with Gasteiger partial charge in [-0.25, -0.2) is 0 Å². The number of hydrogen-bond acceptors (Lipinski definition) is 4. The molecule has 0 spiro atoms. The van der Waals surface area contributed by atoms with E-state index in [1.807, 2.05) is 6.07 Å². The fourth-order valence-corrected chi connectivity index (χ4v) is 1.77. The Morgan fingerprint density at radius 2 is 2.12 bits per heavy atom. The normalized spacial score (nSPS) is 11.4. The number of rotatable bonds is 5. The van der Waals surface area contributed by atoms with E-state index in [4.69, 9.17) is 5.73 Å². The first kappa shape index (κ1) is 11.0. The molecule has 3 N–H and O–H groups in total. The maximum Gasteiger partial charge on any atom is 0.113 e. The van der Waals surface area contributed by atoms with Gasteiger partial charge in [-0.15, -0.1) is 0 Å². The average Bonchev–Trinajstić information content (AvgIpc) is 2.75. The van der Waals surface area contributed by atoms with E-state index in [0.717, 1.165) is 30.7 Å². The third-order valence-electron chi connectivity index (χ3n) is 2.68. The summed E-state index contributed by atoms with van der Waals surface area (Å²) in [5.74, 6) is 0. The summed E-state index contributed by atoms with van der Waals surface area (Å²) in [6, 6.07) is 6.15. The van der Waals surface area contributed by atoms with E-state index >= 15 is 0 Å². The van der Waals surface area contributed by atoms with Gasteiger partial charge in [0.1, 0.15) is 11.0 Å². The van der Waals surface area contributed by atoms with Crippen LogP contribution in [0.2, 0.25) is 0 Å². The number of likely N-dealkylation sites (N-methyl/N-ethyl adjacent to an activating group) is 1. The van der Waals surface area contributed by atoms with Crippen molar-refractivity contribution in [1.29, 1.82) is 0 Å². The van der Waals surface area contributed by atoms with Crippen molar-refractivity contribution in [2.45, 2.75) is 13.5 Å². The topological polar surface area (TPSA) is 70.8 Å². The molecule has 0 aliphatic heterocycles. The monoisotopic (exact) mass is 219 g/mol. The van der Waals surface area contributed by atoms with Gasteiger partial charge in [0.25, 0.3) is 0 Å². The first-order chi connectivity index (χ1) is 7.83. The SMILES string of the molecule is CCN(CCN)Cc1ccc2n[nH]nc2c1. The van der Waals surface area contributed by atoms with E-state index in [1.165, 1.54) is 5.56 Å². The lowest BCUT2D eigenvalue weighted by molar-refractivity contribution is 0.288. The van der Waals surface area contributed by atoms with Crippen LogP contribution in [0.4, 0.5) is 0 Å². The van der Waals surface area contributed by atoms with Crippen molar-refractivity contribution >= 4 is 11.0 Å². The molecule has 0 bridgehead atoms. The second-order valence-corrected chi connectivity index (χ2v) is 3.80. The van der Waals surface area contributed by atoms with Crippen LogP contribution in [0.3, 0.4) is 0 Å². The highest BCUT2D eigenvalue weighted by Gasteiger charge is 2.04. The number of nitrogens with two attached hydrogens (primary N) is 1. The molecule has 5 heteroatoms. The predicted octanol–water partition coefficient (Wildman–Crippen LogP) is 0.738. The van der Waals surface area contributed by atoms with E-state index in [1.54, 1.807) is 0 Å². The Balaban J connectivity index is 2.13. The Kier molecular flexibility index (Phi) is 3.48. The number of hydrogen-bond donors (Lipinski definition) is 2. The van der Waals surface area contributed by atoms with Crippen molar-refractivity contribution in [3.63, 3.8) is 0 Å². The lowest BCUT2D eigenvalue weighted by atomic mass is 10.2. The van der Waals surface area contributed by atoms with Crippen LogP contribution in [0.15, 0.2) is 18.2 Å². The highest BCUT2D eigenvalue weighted by molar-refractivity contribution is 5.74. The number of nitrogens with one attached hydrogen (secondary N) is 1. The van der Waals surface area contributed by atoms with Gasteiger partial charge in [0, 0.05) is 19.6 Å². The van der Waals surface area contributed by atoms with Gasteiger partial charge in [-0.2, -0.15) is 15.4 Å². The zero-order valence-electron chi connectivity index (χ0n) is 9.48. The molecule has 0 unspecified atom stereocenters. The van der Waals surface area contributed by atoms with E-state index in [9.17, 15) is 0 Å². The summed E-state index contributed by atoms with van der Waals surface area (Å²) in [4.78, 5) is 2.31. The Morgan fingerprint density at radius 3 is 2.88 bits per heavy atom. The van der Waals surface area contributed by atoms with Gasteiger partial charge in [-0.3, -0.25) is 4.90 Å². The van der Waals surface area contributed by atoms with Crippen LogP contribution in [-0.2, 0) is 6.54 Å². The molecule has 1 aromatic heterocycles. The second kappa shape index (κ2) is 5.05. The molecule has 2 aromatic rings. The Hall–Kier alpha value is -1.46. The minimum atomic E-state index is 0.694. The summed E-state index contributed by atoms with van der Waals surface area (Å²) in [7, 11) is 0. The van der Waals surface area contributed by atoms with Gasteiger partial charge in [-0.1, -0.05) is 13.0 Å². The van der Waals surface area contributed by atoms with Crippen LogP contribution in [0.1, 0.15) is 12.5 Å². The highest BCUT2D eigenvalue weighted by atomic mass is 15.3. The van der Waals surface area contributed by atoms with Gasteiger partial charge in [0.15, 0.2) is 0 Å². The van der Waals surface area contributed by atoms with Gasteiger partial charge in [-0.05, 0) is 24.2 Å². The van der Waals surface area contributed by atoms with Gasteiger partial charge >= 0.3 is 0 Å². The van der Waals surface area contributed by atoms with E-state index in [-0.39, 0.29) is 0 Å². The lowest BCUT2D eigenvalue weighted by Gasteiger charge is -2.19. The summed E-state index contributed by atoms with van der Waals surface area (Å²) < 4.78 is 0. The first-order valence-corrected chi connectivity index (χ1v) is 5.55. The third kappa shape index (κ3) is 2.37. The molecule has 0 radical (unpaired) electrons. The quantitative estimate of drug-likeness (QED) is 0.778. The average molecular weight is 219 g/mol. The molecular weight excluding hydrogens is 202 g/mol. The minimum absolute atomic E-state index is 0.694. The largest absolute Gasteiger partial charge is 0.329 e. The third-order valence-corrected chi connectivity index (χ3v) is 2.68. The molecule has 1 heterocycles. The Bertz CT molecular complexity index is 450. The maximum absolute atomic E-state index is 5.56. The molecule has 16 heavy (non-hydrogen) atoms.